The van der Waals surface area contributed by atoms with Crippen LogP contribution in [0.25, 0.3) is 0 Å². The van der Waals surface area contributed by atoms with Crippen LogP contribution in [0.15, 0.2) is 38.7 Å². The van der Waals surface area contributed by atoms with Gasteiger partial charge in [0.15, 0.2) is 0 Å². The largest absolute Gasteiger partial charge is 0.308 e. The summed E-state index contributed by atoms with van der Waals surface area (Å²) in [4.78, 5) is 10.4. The second-order valence-corrected chi connectivity index (χ2v) is 6.81. The maximum atomic E-state index is 5.57. The van der Waals surface area contributed by atoms with Crippen molar-refractivity contribution in [1.82, 2.24) is 9.97 Å². The number of benzene rings is 1. The molecule has 1 aromatic heterocycles. The van der Waals surface area contributed by atoms with Crippen molar-refractivity contribution in [2.24, 2.45) is 5.84 Å². The van der Waals surface area contributed by atoms with E-state index in [4.69, 9.17) is 10.8 Å². The normalized spacial score (nSPS) is 14.3. The van der Waals surface area contributed by atoms with Crippen LogP contribution in [0, 0.1) is 6.92 Å². The number of hydrogen-bond acceptors (Lipinski definition) is 5. The molecule has 20 heavy (non-hydrogen) atoms. The van der Waals surface area contributed by atoms with Crippen molar-refractivity contribution in [3.63, 3.8) is 0 Å². The Labute approximate surface area is 130 Å². The topological polar surface area (TPSA) is 63.8 Å². The highest BCUT2D eigenvalue weighted by Gasteiger charge is 2.28. The number of nitrogens with zero attached hydrogens (tertiary/aromatic N) is 2. The molecule has 0 atom stereocenters. The third-order valence-electron chi connectivity index (χ3n) is 3.23. The van der Waals surface area contributed by atoms with Crippen LogP contribution in [0.1, 0.15) is 30.1 Å². The van der Waals surface area contributed by atoms with Gasteiger partial charge < -0.3 is 5.43 Å². The lowest BCUT2D eigenvalue weighted by molar-refractivity contribution is 0.862. The van der Waals surface area contributed by atoms with Gasteiger partial charge in [-0.25, -0.2) is 15.8 Å². The lowest BCUT2D eigenvalue weighted by atomic mass is 10.3. The van der Waals surface area contributed by atoms with Gasteiger partial charge in [-0.15, -0.1) is 0 Å². The predicted molar refractivity (Wildman–Crippen MR) is 84.8 cm³/mol. The first kappa shape index (κ1) is 13.9. The van der Waals surface area contributed by atoms with Crippen molar-refractivity contribution in [1.29, 1.82) is 0 Å². The van der Waals surface area contributed by atoms with E-state index in [2.05, 4.69) is 38.5 Å². The molecule has 1 aliphatic carbocycles. The van der Waals surface area contributed by atoms with Crippen LogP contribution in [-0.2, 0) is 0 Å². The van der Waals surface area contributed by atoms with E-state index < -0.39 is 0 Å². The van der Waals surface area contributed by atoms with Gasteiger partial charge in [-0.1, -0.05) is 27.7 Å². The van der Waals surface area contributed by atoms with Crippen molar-refractivity contribution in [2.45, 2.75) is 35.6 Å². The Morgan fingerprint density at radius 3 is 2.55 bits per heavy atom. The van der Waals surface area contributed by atoms with Gasteiger partial charge in [-0.05, 0) is 44.0 Å². The molecule has 3 rings (SSSR count). The highest BCUT2D eigenvalue weighted by molar-refractivity contribution is 9.10. The summed E-state index contributed by atoms with van der Waals surface area (Å²) in [6, 6.07) is 8.21. The van der Waals surface area contributed by atoms with Crippen molar-refractivity contribution < 1.29 is 0 Å². The van der Waals surface area contributed by atoms with Gasteiger partial charge in [0.25, 0.3) is 0 Å². The van der Waals surface area contributed by atoms with Crippen LogP contribution >= 0.6 is 27.7 Å². The number of nitrogens with one attached hydrogen (secondary N) is 1. The maximum Gasteiger partial charge on any atom is 0.147 e. The molecule has 1 aromatic carbocycles. The molecule has 1 heterocycles. The zero-order chi connectivity index (χ0) is 14.1. The van der Waals surface area contributed by atoms with Crippen LogP contribution in [-0.4, -0.2) is 9.97 Å². The maximum absolute atomic E-state index is 5.57. The number of nitrogens with two attached hydrogens (primary N) is 1. The molecule has 0 spiro atoms. The Kier molecular flexibility index (Phi) is 3.96. The average molecular weight is 351 g/mol. The van der Waals surface area contributed by atoms with Gasteiger partial charge in [0.1, 0.15) is 16.7 Å². The molecule has 6 heteroatoms. The number of anilines is 1. The van der Waals surface area contributed by atoms with Gasteiger partial charge in [-0.3, -0.25) is 0 Å². The summed E-state index contributed by atoms with van der Waals surface area (Å²) in [5.41, 5.74) is 3.67. The molecule has 3 N–H and O–H groups in total. The van der Waals surface area contributed by atoms with Crippen molar-refractivity contribution in [2.75, 3.05) is 5.43 Å². The molecule has 1 saturated carbocycles. The Morgan fingerprint density at radius 2 is 1.95 bits per heavy atom. The molecule has 104 valence electrons. The lowest BCUT2D eigenvalue weighted by Gasteiger charge is -2.11. The third kappa shape index (κ3) is 2.97. The summed E-state index contributed by atoms with van der Waals surface area (Å²) in [7, 11) is 0. The molecule has 0 unspecified atom stereocenters. The fourth-order valence-electron chi connectivity index (χ4n) is 1.89. The minimum absolute atomic E-state index is 0.506. The fourth-order valence-corrected chi connectivity index (χ4v) is 3.04. The number of hydrogen-bond donors (Lipinski definition) is 2. The molecule has 2 aromatic rings. The van der Waals surface area contributed by atoms with Crippen molar-refractivity contribution >= 4 is 33.5 Å². The average Bonchev–Trinajstić information content (AvgIpc) is 3.28. The molecule has 4 nitrogen and oxygen atoms in total. The highest BCUT2D eigenvalue weighted by Crippen LogP contribution is 2.40. The van der Waals surface area contributed by atoms with E-state index >= 15 is 0 Å². The van der Waals surface area contributed by atoms with Crippen LogP contribution in [0.5, 0.6) is 0 Å². The zero-order valence-corrected chi connectivity index (χ0v) is 13.5. The van der Waals surface area contributed by atoms with Crippen LogP contribution in [0.3, 0.4) is 0 Å². The summed E-state index contributed by atoms with van der Waals surface area (Å²) in [5.74, 6) is 7.70. The summed E-state index contributed by atoms with van der Waals surface area (Å²) in [6.07, 6.45) is 2.35. The SMILES string of the molecule is Cc1c(NN)nc(C2CC2)nc1Sc1ccc(Br)cc1. The number of hydrazine groups is 1. The zero-order valence-electron chi connectivity index (χ0n) is 11.1. The highest BCUT2D eigenvalue weighted by atomic mass is 79.9. The van der Waals surface area contributed by atoms with E-state index in [9.17, 15) is 0 Å². The Bertz CT molecular complexity index is 626. The quantitative estimate of drug-likeness (QED) is 0.498. The first-order valence-corrected chi connectivity index (χ1v) is 8.07. The van der Waals surface area contributed by atoms with Gasteiger partial charge in [0, 0.05) is 20.8 Å². The minimum atomic E-state index is 0.506. The van der Waals surface area contributed by atoms with Gasteiger partial charge in [-0.2, -0.15) is 0 Å². The molecule has 0 radical (unpaired) electrons. The number of nitrogen functional groups attached to an aromatic ring is 1. The van der Waals surface area contributed by atoms with Crippen molar-refractivity contribution in [3.05, 3.63) is 40.1 Å². The van der Waals surface area contributed by atoms with Crippen LogP contribution in [0.2, 0.25) is 0 Å². The molecule has 1 aliphatic rings. The van der Waals surface area contributed by atoms with E-state index in [1.807, 2.05) is 19.1 Å². The standard InChI is InChI=1S/C14H15BrN4S/c1-8-12(19-16)17-13(9-2-3-9)18-14(8)20-11-6-4-10(15)5-7-11/h4-7,9H,2-3,16H2,1H3,(H,17,18,19). The fraction of sp³-hybridized carbons (Fsp3) is 0.286. The van der Waals surface area contributed by atoms with Gasteiger partial charge in [0.05, 0.1) is 0 Å². The molecular formula is C14H15BrN4S. The Balaban J connectivity index is 1.94. The Morgan fingerprint density at radius 1 is 1.25 bits per heavy atom. The van der Waals surface area contributed by atoms with Crippen molar-refractivity contribution in [3.8, 4) is 0 Å². The Hall–Kier alpha value is -1.11. The van der Waals surface area contributed by atoms with Gasteiger partial charge in [0.2, 0.25) is 0 Å². The summed E-state index contributed by atoms with van der Waals surface area (Å²) >= 11 is 5.09. The number of rotatable bonds is 4. The van der Waals surface area contributed by atoms with Crippen LogP contribution < -0.4 is 11.3 Å². The summed E-state index contributed by atoms with van der Waals surface area (Å²) < 4.78 is 1.07. The number of aromatic nitrogens is 2. The summed E-state index contributed by atoms with van der Waals surface area (Å²) in [6.45, 7) is 1.99. The molecule has 0 aliphatic heterocycles. The van der Waals surface area contributed by atoms with Gasteiger partial charge >= 0.3 is 0 Å². The number of halogens is 1. The van der Waals surface area contributed by atoms with E-state index in [0.29, 0.717) is 5.92 Å². The molecular weight excluding hydrogens is 336 g/mol. The molecule has 0 bridgehead atoms. The van der Waals surface area contributed by atoms with E-state index in [1.54, 1.807) is 11.8 Å². The third-order valence-corrected chi connectivity index (χ3v) is 4.85. The lowest BCUT2D eigenvalue weighted by Crippen LogP contribution is -2.13. The first-order valence-electron chi connectivity index (χ1n) is 6.46. The smallest absolute Gasteiger partial charge is 0.147 e. The second-order valence-electron chi connectivity index (χ2n) is 4.84. The van der Waals surface area contributed by atoms with E-state index in [1.165, 1.54) is 12.8 Å². The first-order chi connectivity index (χ1) is 9.67. The second kappa shape index (κ2) is 5.71. The molecule has 1 fully saturated rings. The predicted octanol–water partition coefficient (Wildman–Crippen LogP) is 3.86. The monoisotopic (exact) mass is 350 g/mol. The molecule has 0 amide bonds. The van der Waals surface area contributed by atoms with E-state index in [-0.39, 0.29) is 0 Å². The molecule has 0 saturated heterocycles. The minimum Gasteiger partial charge on any atom is -0.308 e. The summed E-state index contributed by atoms with van der Waals surface area (Å²) in [5, 5.41) is 0.970. The van der Waals surface area contributed by atoms with Crippen LogP contribution in [0.4, 0.5) is 5.82 Å². The van der Waals surface area contributed by atoms with E-state index in [0.717, 1.165) is 31.6 Å².